The molecule has 1 aromatic rings. The van der Waals surface area contributed by atoms with E-state index in [-0.39, 0.29) is 6.61 Å². The van der Waals surface area contributed by atoms with Gasteiger partial charge in [0.1, 0.15) is 0 Å². The monoisotopic (exact) mass is 249 g/mol. The molecule has 1 atom stereocenters. The lowest BCUT2D eigenvalue weighted by Gasteiger charge is -2.29. The Labute approximate surface area is 108 Å². The summed E-state index contributed by atoms with van der Waals surface area (Å²) in [5.74, 6) is 0. The van der Waals surface area contributed by atoms with Crippen molar-refractivity contribution in [2.45, 2.75) is 57.0 Å². The van der Waals surface area contributed by atoms with Gasteiger partial charge in [-0.05, 0) is 38.3 Å². The average molecular weight is 249 g/mol. The quantitative estimate of drug-likeness (QED) is 0.858. The van der Waals surface area contributed by atoms with Gasteiger partial charge >= 0.3 is 0 Å². The molecular formula is C14H23N3O. The van der Waals surface area contributed by atoms with Gasteiger partial charge in [-0.25, -0.2) is 0 Å². The van der Waals surface area contributed by atoms with Gasteiger partial charge in [0.2, 0.25) is 0 Å². The van der Waals surface area contributed by atoms with Gasteiger partial charge < -0.3 is 5.11 Å². The molecule has 0 unspecified atom stereocenters. The number of aromatic nitrogens is 2. The van der Waals surface area contributed by atoms with E-state index >= 15 is 0 Å². The zero-order chi connectivity index (χ0) is 12.4. The normalized spacial score (nSPS) is 26.2. The molecule has 0 bridgehead atoms. The average Bonchev–Trinajstić information content (AvgIpc) is 3.10. The van der Waals surface area contributed by atoms with E-state index < -0.39 is 0 Å². The summed E-state index contributed by atoms with van der Waals surface area (Å²) in [7, 11) is 0. The molecule has 2 N–H and O–H groups in total. The highest BCUT2D eigenvalue weighted by Crippen LogP contribution is 2.37. The van der Waals surface area contributed by atoms with Crippen LogP contribution in [0.4, 0.5) is 0 Å². The molecule has 1 saturated heterocycles. The van der Waals surface area contributed by atoms with Crippen LogP contribution in [0.25, 0.3) is 0 Å². The maximum Gasteiger partial charge on any atom is 0.0796 e. The van der Waals surface area contributed by atoms with Crippen LogP contribution in [0, 0.1) is 0 Å². The molecule has 1 aromatic heterocycles. The molecule has 4 heteroatoms. The topological polar surface area (TPSA) is 52.1 Å². The van der Waals surface area contributed by atoms with Crippen molar-refractivity contribution in [3.8, 4) is 0 Å². The highest BCUT2D eigenvalue weighted by molar-refractivity contribution is 5.14. The minimum absolute atomic E-state index is 0.193. The predicted octanol–water partition coefficient (Wildman–Crippen LogP) is 2.02. The Morgan fingerprint density at radius 3 is 2.89 bits per heavy atom. The highest BCUT2D eigenvalue weighted by atomic mass is 16.3. The van der Waals surface area contributed by atoms with Crippen molar-refractivity contribution in [1.82, 2.24) is 15.1 Å². The smallest absolute Gasteiger partial charge is 0.0796 e. The third-order valence-corrected chi connectivity index (χ3v) is 4.46. The van der Waals surface area contributed by atoms with Crippen LogP contribution in [0.5, 0.6) is 0 Å². The van der Waals surface area contributed by atoms with Gasteiger partial charge in [0.15, 0.2) is 0 Å². The van der Waals surface area contributed by atoms with Gasteiger partial charge in [-0.1, -0.05) is 12.8 Å². The lowest BCUT2D eigenvalue weighted by atomic mass is 10.1. The summed E-state index contributed by atoms with van der Waals surface area (Å²) in [4.78, 5) is 2.67. The van der Waals surface area contributed by atoms with E-state index in [4.69, 9.17) is 5.11 Å². The Hall–Kier alpha value is -0.870. The van der Waals surface area contributed by atoms with Crippen molar-refractivity contribution in [2.24, 2.45) is 0 Å². The minimum Gasteiger partial charge on any atom is -0.396 e. The van der Waals surface area contributed by atoms with Crippen molar-refractivity contribution in [3.05, 3.63) is 17.5 Å². The molecule has 2 aliphatic rings. The van der Waals surface area contributed by atoms with Crippen LogP contribution in [0.15, 0.2) is 6.07 Å². The third-order valence-electron chi connectivity index (χ3n) is 4.46. The van der Waals surface area contributed by atoms with Gasteiger partial charge in [0.25, 0.3) is 0 Å². The molecule has 18 heavy (non-hydrogen) atoms. The maximum atomic E-state index is 8.96. The zero-order valence-electron chi connectivity index (χ0n) is 10.9. The second-order valence-corrected chi connectivity index (χ2v) is 5.63. The first-order valence-corrected chi connectivity index (χ1v) is 7.29. The summed E-state index contributed by atoms with van der Waals surface area (Å²) in [5.41, 5.74) is 2.24. The SMILES string of the molecule is OCCc1cc([C@@H]2CCCN2C2CCCC2)n[nH]1. The Balaban J connectivity index is 1.72. The van der Waals surface area contributed by atoms with Crippen molar-refractivity contribution in [2.75, 3.05) is 13.2 Å². The number of likely N-dealkylation sites (tertiary alicyclic amines) is 1. The number of aliphatic hydroxyl groups excluding tert-OH is 1. The van der Waals surface area contributed by atoms with Gasteiger partial charge in [0.05, 0.1) is 11.7 Å². The number of hydrogen-bond acceptors (Lipinski definition) is 3. The first-order chi connectivity index (χ1) is 8.88. The number of rotatable bonds is 4. The van der Waals surface area contributed by atoms with Crippen LogP contribution in [0.2, 0.25) is 0 Å². The van der Waals surface area contributed by atoms with E-state index in [1.165, 1.54) is 50.8 Å². The van der Waals surface area contributed by atoms with Crippen molar-refractivity contribution >= 4 is 0 Å². The van der Waals surface area contributed by atoms with Crippen LogP contribution in [0.1, 0.15) is 56.0 Å². The minimum atomic E-state index is 0.193. The maximum absolute atomic E-state index is 8.96. The molecule has 2 fully saturated rings. The lowest BCUT2D eigenvalue weighted by Crippen LogP contribution is -2.32. The predicted molar refractivity (Wildman–Crippen MR) is 70.3 cm³/mol. The summed E-state index contributed by atoms with van der Waals surface area (Å²) in [6, 6.07) is 3.45. The van der Waals surface area contributed by atoms with Crippen molar-refractivity contribution in [1.29, 1.82) is 0 Å². The first-order valence-electron chi connectivity index (χ1n) is 7.29. The van der Waals surface area contributed by atoms with E-state index in [9.17, 15) is 0 Å². The van der Waals surface area contributed by atoms with Crippen LogP contribution in [-0.2, 0) is 6.42 Å². The highest BCUT2D eigenvalue weighted by Gasteiger charge is 2.34. The third kappa shape index (κ3) is 2.31. The molecule has 3 rings (SSSR count). The molecule has 100 valence electrons. The Kier molecular flexibility index (Phi) is 3.66. The fourth-order valence-corrected chi connectivity index (χ4v) is 3.58. The number of nitrogens with one attached hydrogen (secondary N) is 1. The summed E-state index contributed by atoms with van der Waals surface area (Å²) in [6.07, 6.45) is 8.73. The zero-order valence-corrected chi connectivity index (χ0v) is 10.9. The largest absolute Gasteiger partial charge is 0.396 e. The summed E-state index contributed by atoms with van der Waals surface area (Å²) >= 11 is 0. The molecule has 1 aliphatic heterocycles. The molecular weight excluding hydrogens is 226 g/mol. The Bertz CT molecular complexity index is 384. The van der Waals surface area contributed by atoms with E-state index in [2.05, 4.69) is 21.2 Å². The number of hydrogen-bond donors (Lipinski definition) is 2. The molecule has 0 radical (unpaired) electrons. The van der Waals surface area contributed by atoms with Gasteiger partial charge in [-0.3, -0.25) is 10.00 Å². The second kappa shape index (κ2) is 5.41. The van der Waals surface area contributed by atoms with Crippen LogP contribution >= 0.6 is 0 Å². The lowest BCUT2D eigenvalue weighted by molar-refractivity contribution is 0.180. The summed E-state index contributed by atoms with van der Waals surface area (Å²) < 4.78 is 0. The number of aliphatic hydroxyl groups is 1. The van der Waals surface area contributed by atoms with Gasteiger partial charge in [-0.2, -0.15) is 5.10 Å². The Morgan fingerprint density at radius 1 is 1.28 bits per heavy atom. The van der Waals surface area contributed by atoms with Crippen LogP contribution in [-0.4, -0.2) is 39.4 Å². The Morgan fingerprint density at radius 2 is 2.11 bits per heavy atom. The molecule has 0 aromatic carbocycles. The molecule has 4 nitrogen and oxygen atoms in total. The summed E-state index contributed by atoms with van der Waals surface area (Å²) in [5, 5.41) is 16.5. The van der Waals surface area contributed by atoms with E-state index in [0.29, 0.717) is 12.5 Å². The number of aromatic amines is 1. The first kappa shape index (κ1) is 12.2. The molecule has 0 spiro atoms. The van der Waals surface area contributed by atoms with Crippen molar-refractivity contribution in [3.63, 3.8) is 0 Å². The fourth-order valence-electron chi connectivity index (χ4n) is 3.58. The molecule has 2 heterocycles. The number of nitrogens with zero attached hydrogens (tertiary/aromatic N) is 2. The van der Waals surface area contributed by atoms with E-state index in [1.54, 1.807) is 0 Å². The molecule has 1 saturated carbocycles. The summed E-state index contributed by atoms with van der Waals surface area (Å²) in [6.45, 7) is 1.43. The fraction of sp³-hybridized carbons (Fsp3) is 0.786. The molecule has 0 amide bonds. The van der Waals surface area contributed by atoms with E-state index in [1.807, 2.05) is 0 Å². The second-order valence-electron chi connectivity index (χ2n) is 5.63. The van der Waals surface area contributed by atoms with Crippen LogP contribution < -0.4 is 0 Å². The standard InChI is InChI=1S/C14H23N3O/c18-9-7-11-10-13(16-15-11)14-6-3-8-17(14)12-4-1-2-5-12/h10,12,14,18H,1-9H2,(H,15,16)/t14-/m0/s1. The number of H-pyrrole nitrogens is 1. The van der Waals surface area contributed by atoms with Crippen molar-refractivity contribution < 1.29 is 5.11 Å². The van der Waals surface area contributed by atoms with Crippen LogP contribution in [0.3, 0.4) is 0 Å². The van der Waals surface area contributed by atoms with Gasteiger partial charge in [-0.15, -0.1) is 0 Å². The van der Waals surface area contributed by atoms with Gasteiger partial charge in [0, 0.05) is 24.8 Å². The van der Waals surface area contributed by atoms with E-state index in [0.717, 1.165) is 11.7 Å². The molecule has 1 aliphatic carbocycles.